The van der Waals surface area contributed by atoms with E-state index >= 15 is 0 Å². The molecule has 27 heavy (non-hydrogen) atoms. The van der Waals surface area contributed by atoms with Crippen molar-refractivity contribution in [2.45, 2.75) is 23.8 Å². The van der Waals surface area contributed by atoms with Gasteiger partial charge in [0.1, 0.15) is 5.75 Å². The lowest BCUT2D eigenvalue weighted by molar-refractivity contribution is -0.120. The lowest BCUT2D eigenvalue weighted by atomic mass is 10.1. The van der Waals surface area contributed by atoms with Crippen LogP contribution in [0, 0.1) is 0 Å². The molecule has 1 amide bonds. The summed E-state index contributed by atoms with van der Waals surface area (Å²) in [6, 6.07) is 17.4. The Labute approximate surface area is 162 Å². The smallest absolute Gasteiger partial charge is 0.233 e. The van der Waals surface area contributed by atoms with Crippen molar-refractivity contribution >= 4 is 17.7 Å². The van der Waals surface area contributed by atoms with Gasteiger partial charge in [-0.1, -0.05) is 42.1 Å². The van der Waals surface area contributed by atoms with E-state index in [0.29, 0.717) is 11.7 Å². The number of tetrazole rings is 1. The summed E-state index contributed by atoms with van der Waals surface area (Å²) < 4.78 is 6.77. The minimum Gasteiger partial charge on any atom is -0.497 e. The van der Waals surface area contributed by atoms with Crippen LogP contribution in [0.5, 0.6) is 5.75 Å². The van der Waals surface area contributed by atoms with E-state index in [1.54, 1.807) is 11.8 Å². The second kappa shape index (κ2) is 9.18. The van der Waals surface area contributed by atoms with Crippen LogP contribution in [0.25, 0.3) is 5.69 Å². The fourth-order valence-electron chi connectivity index (χ4n) is 2.46. The Morgan fingerprint density at radius 2 is 1.93 bits per heavy atom. The predicted molar refractivity (Wildman–Crippen MR) is 104 cm³/mol. The molecular formula is C19H21N5O2S. The van der Waals surface area contributed by atoms with Gasteiger partial charge in [-0.15, -0.1) is 5.10 Å². The molecule has 1 N–H and O–H groups in total. The fraction of sp³-hybridized carbons (Fsp3) is 0.263. The zero-order chi connectivity index (χ0) is 19.1. The summed E-state index contributed by atoms with van der Waals surface area (Å²) in [5.41, 5.74) is 2.00. The minimum atomic E-state index is -0.311. The van der Waals surface area contributed by atoms with Gasteiger partial charge < -0.3 is 10.1 Å². The van der Waals surface area contributed by atoms with Crippen LogP contribution in [0.4, 0.5) is 0 Å². The molecular weight excluding hydrogens is 362 g/mol. The predicted octanol–water partition coefficient (Wildman–Crippen LogP) is 2.51. The Bertz CT molecular complexity index is 867. The van der Waals surface area contributed by atoms with Crippen LogP contribution in [0.1, 0.15) is 12.5 Å². The second-order valence-corrected chi connectivity index (χ2v) is 7.17. The number of carbonyl (C=O) groups is 1. The first-order chi connectivity index (χ1) is 13.2. The van der Waals surface area contributed by atoms with Gasteiger partial charge in [0, 0.05) is 6.54 Å². The number of hydrogen-bond donors (Lipinski definition) is 1. The molecule has 1 heterocycles. The minimum absolute atomic E-state index is 0.0453. The van der Waals surface area contributed by atoms with E-state index in [4.69, 9.17) is 4.74 Å². The average molecular weight is 383 g/mol. The molecule has 0 saturated carbocycles. The molecule has 8 heteroatoms. The maximum atomic E-state index is 12.4. The number of rotatable bonds is 8. The number of para-hydroxylation sites is 1. The molecule has 0 aliphatic rings. The molecule has 0 spiro atoms. The van der Waals surface area contributed by atoms with Gasteiger partial charge in [-0.25, -0.2) is 0 Å². The summed E-state index contributed by atoms with van der Waals surface area (Å²) in [5, 5.41) is 15.0. The Balaban J connectivity index is 1.52. The fourth-order valence-corrected chi connectivity index (χ4v) is 3.29. The van der Waals surface area contributed by atoms with E-state index in [0.717, 1.165) is 23.4 Å². The molecule has 3 aromatic rings. The molecule has 0 fully saturated rings. The number of nitrogens with zero attached hydrogens (tertiary/aromatic N) is 4. The second-order valence-electron chi connectivity index (χ2n) is 5.86. The number of ether oxygens (including phenoxy) is 1. The van der Waals surface area contributed by atoms with Crippen LogP contribution >= 0.6 is 11.8 Å². The van der Waals surface area contributed by atoms with Crippen LogP contribution < -0.4 is 10.1 Å². The van der Waals surface area contributed by atoms with E-state index in [2.05, 4.69) is 20.8 Å². The molecule has 0 aliphatic heterocycles. The molecule has 0 aliphatic carbocycles. The number of carbonyl (C=O) groups excluding carboxylic acids is 1. The summed E-state index contributed by atoms with van der Waals surface area (Å²) in [6.45, 7) is 2.41. The van der Waals surface area contributed by atoms with Crippen LogP contribution in [0.2, 0.25) is 0 Å². The van der Waals surface area contributed by atoms with Gasteiger partial charge in [0.15, 0.2) is 0 Å². The Morgan fingerprint density at radius 3 is 2.63 bits per heavy atom. The standard InChI is InChI=1S/C19H21N5O2S/c1-14(18(25)20-13-12-15-8-10-17(26-2)11-9-15)27-19-21-22-23-24(19)16-6-4-3-5-7-16/h3-11,14H,12-13H2,1-2H3,(H,20,25). The highest BCUT2D eigenvalue weighted by atomic mass is 32.2. The van der Waals surface area contributed by atoms with E-state index in [-0.39, 0.29) is 11.2 Å². The largest absolute Gasteiger partial charge is 0.497 e. The number of thioether (sulfide) groups is 1. The normalized spacial score (nSPS) is 11.8. The van der Waals surface area contributed by atoms with Crippen LogP contribution in [0.15, 0.2) is 59.8 Å². The first kappa shape index (κ1) is 18.9. The van der Waals surface area contributed by atoms with Gasteiger partial charge in [-0.3, -0.25) is 4.79 Å². The molecule has 1 aromatic heterocycles. The van der Waals surface area contributed by atoms with Crippen molar-refractivity contribution in [3.63, 3.8) is 0 Å². The summed E-state index contributed by atoms with van der Waals surface area (Å²) in [6.07, 6.45) is 0.759. The number of methoxy groups -OCH3 is 1. The molecule has 0 bridgehead atoms. The summed E-state index contributed by atoms with van der Waals surface area (Å²) in [4.78, 5) is 12.4. The third-order valence-electron chi connectivity index (χ3n) is 3.97. The van der Waals surface area contributed by atoms with Crippen molar-refractivity contribution in [3.8, 4) is 11.4 Å². The average Bonchev–Trinajstić information content (AvgIpc) is 3.17. The zero-order valence-corrected chi connectivity index (χ0v) is 16.0. The van der Waals surface area contributed by atoms with Gasteiger partial charge in [0.2, 0.25) is 11.1 Å². The number of benzene rings is 2. The molecule has 1 atom stereocenters. The number of nitrogens with one attached hydrogen (secondary N) is 1. The van der Waals surface area contributed by atoms with Gasteiger partial charge in [-0.05, 0) is 53.6 Å². The SMILES string of the molecule is COc1ccc(CCNC(=O)C(C)Sc2nnnn2-c2ccccc2)cc1. The Hall–Kier alpha value is -2.87. The lowest BCUT2D eigenvalue weighted by Crippen LogP contribution is -2.32. The third-order valence-corrected chi connectivity index (χ3v) is 5.00. The molecule has 0 saturated heterocycles. The maximum Gasteiger partial charge on any atom is 0.233 e. The summed E-state index contributed by atoms with van der Waals surface area (Å²) >= 11 is 1.33. The molecule has 140 valence electrons. The van der Waals surface area contributed by atoms with Crippen LogP contribution in [-0.2, 0) is 11.2 Å². The molecule has 3 rings (SSSR count). The monoisotopic (exact) mass is 383 g/mol. The number of amides is 1. The Morgan fingerprint density at radius 1 is 1.19 bits per heavy atom. The van der Waals surface area contributed by atoms with Gasteiger partial charge in [-0.2, -0.15) is 4.68 Å². The highest BCUT2D eigenvalue weighted by molar-refractivity contribution is 8.00. The molecule has 2 aromatic carbocycles. The third kappa shape index (κ3) is 5.07. The first-order valence-corrected chi connectivity index (χ1v) is 9.46. The first-order valence-electron chi connectivity index (χ1n) is 8.58. The van der Waals surface area contributed by atoms with E-state index in [9.17, 15) is 4.79 Å². The highest BCUT2D eigenvalue weighted by Gasteiger charge is 2.18. The van der Waals surface area contributed by atoms with Crippen molar-refractivity contribution in [1.29, 1.82) is 0 Å². The molecule has 0 radical (unpaired) electrons. The van der Waals surface area contributed by atoms with E-state index < -0.39 is 0 Å². The topological polar surface area (TPSA) is 81.9 Å². The van der Waals surface area contributed by atoms with Crippen molar-refractivity contribution in [2.75, 3.05) is 13.7 Å². The number of hydrogen-bond acceptors (Lipinski definition) is 6. The molecule has 7 nitrogen and oxygen atoms in total. The quantitative estimate of drug-likeness (QED) is 0.602. The summed E-state index contributed by atoms with van der Waals surface area (Å²) in [5.74, 6) is 0.778. The Kier molecular flexibility index (Phi) is 6.43. The van der Waals surface area contributed by atoms with Crippen LogP contribution in [0.3, 0.4) is 0 Å². The van der Waals surface area contributed by atoms with Crippen LogP contribution in [-0.4, -0.2) is 45.0 Å². The van der Waals surface area contributed by atoms with Gasteiger partial charge >= 0.3 is 0 Å². The van der Waals surface area contributed by atoms with Crippen molar-refractivity contribution in [1.82, 2.24) is 25.5 Å². The lowest BCUT2D eigenvalue weighted by Gasteiger charge is -2.12. The maximum absolute atomic E-state index is 12.4. The highest BCUT2D eigenvalue weighted by Crippen LogP contribution is 2.22. The van der Waals surface area contributed by atoms with E-state index in [1.165, 1.54) is 11.8 Å². The number of aromatic nitrogens is 4. The van der Waals surface area contributed by atoms with E-state index in [1.807, 2.05) is 61.5 Å². The zero-order valence-electron chi connectivity index (χ0n) is 15.2. The van der Waals surface area contributed by atoms with Crippen molar-refractivity contribution < 1.29 is 9.53 Å². The van der Waals surface area contributed by atoms with Crippen molar-refractivity contribution in [2.24, 2.45) is 0 Å². The van der Waals surface area contributed by atoms with Crippen molar-refractivity contribution in [3.05, 3.63) is 60.2 Å². The van der Waals surface area contributed by atoms with Gasteiger partial charge in [0.25, 0.3) is 0 Å². The molecule has 1 unspecified atom stereocenters. The van der Waals surface area contributed by atoms with Gasteiger partial charge in [0.05, 0.1) is 18.0 Å². The summed E-state index contributed by atoms with van der Waals surface area (Å²) in [7, 11) is 1.64.